The summed E-state index contributed by atoms with van der Waals surface area (Å²) < 4.78 is 26.4. The Balaban J connectivity index is 1.97. The van der Waals surface area contributed by atoms with Gasteiger partial charge in [0.2, 0.25) is 0 Å². The molecule has 1 aliphatic carbocycles. The molecule has 1 aliphatic rings. The van der Waals surface area contributed by atoms with Crippen LogP contribution in [0, 0.1) is 17.0 Å². The van der Waals surface area contributed by atoms with Crippen LogP contribution in [0.1, 0.15) is 31.0 Å². The van der Waals surface area contributed by atoms with Crippen LogP contribution in [0.3, 0.4) is 0 Å². The van der Waals surface area contributed by atoms with Crippen molar-refractivity contribution in [1.29, 1.82) is 0 Å². The molecule has 1 atom stereocenters. The first-order valence-corrected chi connectivity index (χ1v) is 7.24. The fraction of sp³-hybridized carbons (Fsp3) is 0.294. The molecule has 2 aromatic carbocycles. The zero-order valence-corrected chi connectivity index (χ0v) is 12.6. The van der Waals surface area contributed by atoms with E-state index in [-0.39, 0.29) is 11.5 Å². The van der Waals surface area contributed by atoms with Gasteiger partial charge in [-0.2, -0.15) is 0 Å². The third kappa shape index (κ3) is 2.62. The number of benzene rings is 2. The number of anilines is 1. The largest absolute Gasteiger partial charge is 0.378 e. The first kappa shape index (κ1) is 14.3. The number of hydrogen-bond donors (Lipinski definition) is 1. The minimum atomic E-state index is -0.845. The quantitative estimate of drug-likeness (QED) is 0.788. The fourth-order valence-corrected chi connectivity index (χ4v) is 3.22. The van der Waals surface area contributed by atoms with E-state index in [9.17, 15) is 8.78 Å². The predicted octanol–water partition coefficient (Wildman–Crippen LogP) is 5.35. The van der Waals surface area contributed by atoms with Crippen LogP contribution in [0.15, 0.2) is 36.4 Å². The number of halogens is 3. The first-order chi connectivity index (χ1) is 9.87. The molecule has 0 heterocycles. The summed E-state index contributed by atoms with van der Waals surface area (Å²) in [6.45, 7) is 4.30. The Morgan fingerprint density at radius 1 is 1.10 bits per heavy atom. The van der Waals surface area contributed by atoms with Crippen molar-refractivity contribution in [2.45, 2.75) is 26.3 Å². The highest BCUT2D eigenvalue weighted by molar-refractivity contribution is 6.30. The number of hydrogen-bond acceptors (Lipinski definition) is 1. The maximum absolute atomic E-state index is 13.4. The molecule has 0 fully saturated rings. The number of nitrogens with one attached hydrogen (secondary N) is 1. The van der Waals surface area contributed by atoms with E-state index in [0.29, 0.717) is 10.7 Å². The molecule has 4 heteroatoms. The van der Waals surface area contributed by atoms with Gasteiger partial charge in [0.05, 0.1) is 6.04 Å². The van der Waals surface area contributed by atoms with Crippen molar-refractivity contribution < 1.29 is 8.78 Å². The standard InChI is InChI=1S/C17H16ClF2N/c1-17(2)9-10-3-4-11(18)7-13(10)16(17)21-12-5-6-14(19)15(20)8-12/h3-8,16,21H,9H2,1-2H3. The van der Waals surface area contributed by atoms with Gasteiger partial charge in [-0.1, -0.05) is 31.5 Å². The molecule has 1 nitrogen and oxygen atoms in total. The fourth-order valence-electron chi connectivity index (χ4n) is 3.04. The minimum Gasteiger partial charge on any atom is -0.378 e. The molecule has 110 valence electrons. The Kier molecular flexibility index (Phi) is 3.40. The van der Waals surface area contributed by atoms with Gasteiger partial charge >= 0.3 is 0 Å². The van der Waals surface area contributed by atoms with E-state index in [0.717, 1.165) is 18.1 Å². The van der Waals surface area contributed by atoms with Crippen molar-refractivity contribution in [3.8, 4) is 0 Å². The molecule has 1 N–H and O–H groups in total. The summed E-state index contributed by atoms with van der Waals surface area (Å²) in [6.07, 6.45) is 0.918. The van der Waals surface area contributed by atoms with Crippen LogP contribution >= 0.6 is 11.6 Å². The molecule has 1 unspecified atom stereocenters. The zero-order valence-electron chi connectivity index (χ0n) is 11.9. The molecule has 3 rings (SSSR count). The normalized spacial score (nSPS) is 19.4. The highest BCUT2D eigenvalue weighted by Crippen LogP contribution is 2.47. The lowest BCUT2D eigenvalue weighted by Crippen LogP contribution is -2.24. The summed E-state index contributed by atoms with van der Waals surface area (Å²) in [5.74, 6) is -1.68. The predicted molar refractivity (Wildman–Crippen MR) is 81.7 cm³/mol. The van der Waals surface area contributed by atoms with Crippen LogP contribution in [0.5, 0.6) is 0 Å². The monoisotopic (exact) mass is 307 g/mol. The summed E-state index contributed by atoms with van der Waals surface area (Å²) in [5.41, 5.74) is 2.90. The van der Waals surface area contributed by atoms with E-state index in [2.05, 4.69) is 19.2 Å². The van der Waals surface area contributed by atoms with Crippen molar-refractivity contribution in [1.82, 2.24) is 0 Å². The van der Waals surface area contributed by atoms with Crippen LogP contribution in [0.2, 0.25) is 5.02 Å². The molecule has 2 aromatic rings. The lowest BCUT2D eigenvalue weighted by molar-refractivity contribution is 0.337. The van der Waals surface area contributed by atoms with Gasteiger partial charge in [0, 0.05) is 16.8 Å². The molecular formula is C17H16ClF2N. The smallest absolute Gasteiger partial charge is 0.160 e. The zero-order chi connectivity index (χ0) is 15.2. The summed E-state index contributed by atoms with van der Waals surface area (Å²) in [4.78, 5) is 0. The Hall–Kier alpha value is -1.61. The van der Waals surface area contributed by atoms with E-state index in [4.69, 9.17) is 11.6 Å². The molecule has 0 bridgehead atoms. The van der Waals surface area contributed by atoms with Gasteiger partial charge in [0.25, 0.3) is 0 Å². The maximum Gasteiger partial charge on any atom is 0.160 e. The van der Waals surface area contributed by atoms with Gasteiger partial charge in [-0.05, 0) is 47.2 Å². The molecule has 0 aromatic heterocycles. The molecule has 0 amide bonds. The Labute approximate surface area is 127 Å². The Bertz CT molecular complexity index is 697. The summed E-state index contributed by atoms with van der Waals surface area (Å²) in [7, 11) is 0. The third-order valence-corrected chi connectivity index (χ3v) is 4.31. The molecule has 21 heavy (non-hydrogen) atoms. The van der Waals surface area contributed by atoms with Gasteiger partial charge in [-0.3, -0.25) is 0 Å². The van der Waals surface area contributed by atoms with Crippen molar-refractivity contribution in [2.24, 2.45) is 5.41 Å². The highest BCUT2D eigenvalue weighted by Gasteiger charge is 2.39. The summed E-state index contributed by atoms with van der Waals surface area (Å²) in [6, 6.07) is 9.76. The SMILES string of the molecule is CC1(C)Cc2ccc(Cl)cc2C1Nc1ccc(F)c(F)c1. The van der Waals surface area contributed by atoms with Gasteiger partial charge in [0.1, 0.15) is 0 Å². The second-order valence-corrected chi connectivity index (χ2v) is 6.65. The summed E-state index contributed by atoms with van der Waals surface area (Å²) >= 11 is 6.09. The highest BCUT2D eigenvalue weighted by atomic mass is 35.5. The molecule has 0 aliphatic heterocycles. The van der Waals surface area contributed by atoms with Crippen LogP contribution in [-0.2, 0) is 6.42 Å². The second-order valence-electron chi connectivity index (χ2n) is 6.21. The average Bonchev–Trinajstić information content (AvgIpc) is 2.65. The Morgan fingerprint density at radius 2 is 1.86 bits per heavy atom. The molecule has 0 spiro atoms. The second kappa shape index (κ2) is 4.99. The minimum absolute atomic E-state index is 0.0102. The van der Waals surface area contributed by atoms with Crippen LogP contribution < -0.4 is 5.32 Å². The van der Waals surface area contributed by atoms with Crippen molar-refractivity contribution >= 4 is 17.3 Å². The molecular weight excluding hydrogens is 292 g/mol. The van der Waals surface area contributed by atoms with Crippen molar-refractivity contribution in [2.75, 3.05) is 5.32 Å². The lowest BCUT2D eigenvalue weighted by atomic mass is 9.85. The van der Waals surface area contributed by atoms with Gasteiger partial charge in [-0.25, -0.2) is 8.78 Å². The van der Waals surface area contributed by atoms with E-state index >= 15 is 0 Å². The molecule has 0 radical (unpaired) electrons. The van der Waals surface area contributed by atoms with E-state index < -0.39 is 11.6 Å². The average molecular weight is 308 g/mol. The first-order valence-electron chi connectivity index (χ1n) is 6.87. The van der Waals surface area contributed by atoms with Crippen LogP contribution in [0.4, 0.5) is 14.5 Å². The topological polar surface area (TPSA) is 12.0 Å². The van der Waals surface area contributed by atoms with E-state index in [1.165, 1.54) is 11.6 Å². The maximum atomic E-state index is 13.4. The Morgan fingerprint density at radius 3 is 2.57 bits per heavy atom. The van der Waals surface area contributed by atoms with Crippen molar-refractivity contribution in [3.63, 3.8) is 0 Å². The number of fused-ring (bicyclic) bond motifs is 1. The van der Waals surface area contributed by atoms with E-state index in [1.54, 1.807) is 6.07 Å². The lowest BCUT2D eigenvalue weighted by Gasteiger charge is -2.29. The van der Waals surface area contributed by atoms with Crippen LogP contribution in [0.25, 0.3) is 0 Å². The van der Waals surface area contributed by atoms with Gasteiger partial charge < -0.3 is 5.32 Å². The van der Waals surface area contributed by atoms with Crippen LogP contribution in [-0.4, -0.2) is 0 Å². The van der Waals surface area contributed by atoms with Gasteiger partial charge in [-0.15, -0.1) is 0 Å². The number of rotatable bonds is 2. The third-order valence-electron chi connectivity index (χ3n) is 4.08. The molecule has 0 saturated heterocycles. The van der Waals surface area contributed by atoms with E-state index in [1.807, 2.05) is 18.2 Å². The van der Waals surface area contributed by atoms with Gasteiger partial charge in [0.15, 0.2) is 11.6 Å². The summed E-state index contributed by atoms with van der Waals surface area (Å²) in [5, 5.41) is 4.00. The molecule has 0 saturated carbocycles. The van der Waals surface area contributed by atoms with Crippen molar-refractivity contribution in [3.05, 3.63) is 64.2 Å².